The molecule has 0 saturated carbocycles. The van der Waals surface area contributed by atoms with E-state index in [4.69, 9.17) is 21.1 Å². The van der Waals surface area contributed by atoms with Crippen LogP contribution < -0.4 is 20.1 Å². The molecule has 0 radical (unpaired) electrons. The Morgan fingerprint density at radius 2 is 1.76 bits per heavy atom. The fraction of sp³-hybridized carbons (Fsp3) is 0.381. The quantitative estimate of drug-likeness (QED) is 0.268. The normalized spacial score (nSPS) is 13.1. The number of halogens is 2. The number of benzene rings is 2. The van der Waals surface area contributed by atoms with Gasteiger partial charge in [-0.25, -0.2) is 0 Å². The van der Waals surface area contributed by atoms with Gasteiger partial charge in [-0.1, -0.05) is 29.8 Å². The first-order valence-corrected chi connectivity index (χ1v) is 9.56. The van der Waals surface area contributed by atoms with Gasteiger partial charge < -0.3 is 25.2 Å². The van der Waals surface area contributed by atoms with Crippen molar-refractivity contribution in [3.05, 3.63) is 58.6 Å². The molecule has 2 aromatic carbocycles. The van der Waals surface area contributed by atoms with E-state index in [1.807, 2.05) is 38.1 Å². The third kappa shape index (κ3) is 7.56. The molecule has 160 valence electrons. The van der Waals surface area contributed by atoms with Gasteiger partial charge in [0.05, 0.1) is 32.9 Å². The molecule has 0 aliphatic heterocycles. The van der Waals surface area contributed by atoms with Gasteiger partial charge in [0.2, 0.25) is 0 Å². The number of nitrogens with zero attached hydrogens (tertiary/aromatic N) is 1. The standard InChI is InChI=1S/C21H28ClN3O3.HI/c1-5-23-21(25-14(2)18-8-6-7-9-19(18)22)24-13-20(26)15-10-16(27-3)12-17(11-15)28-4;/h6-12,14,20,26H,5,13H2,1-4H3,(H2,23,24,25);1H. The zero-order valence-electron chi connectivity index (χ0n) is 17.1. The third-order valence-electron chi connectivity index (χ3n) is 4.25. The Bertz CT molecular complexity index is 782. The molecule has 0 heterocycles. The Balaban J connectivity index is 0.00000420. The summed E-state index contributed by atoms with van der Waals surface area (Å²) in [7, 11) is 3.15. The molecule has 3 N–H and O–H groups in total. The number of ether oxygens (including phenoxy) is 2. The van der Waals surface area contributed by atoms with Gasteiger partial charge in [0, 0.05) is 17.6 Å². The highest BCUT2D eigenvalue weighted by atomic mass is 127. The molecule has 2 unspecified atom stereocenters. The molecule has 0 aliphatic rings. The Hall–Kier alpha value is -1.71. The van der Waals surface area contributed by atoms with Crippen molar-refractivity contribution in [2.75, 3.05) is 27.3 Å². The second-order valence-corrected chi connectivity index (χ2v) is 6.68. The van der Waals surface area contributed by atoms with Crippen LogP contribution in [0.5, 0.6) is 11.5 Å². The number of nitrogens with one attached hydrogen (secondary N) is 2. The molecule has 0 fully saturated rings. The van der Waals surface area contributed by atoms with E-state index in [1.54, 1.807) is 32.4 Å². The maximum atomic E-state index is 10.6. The van der Waals surface area contributed by atoms with Gasteiger partial charge in [0.15, 0.2) is 5.96 Å². The number of methoxy groups -OCH3 is 2. The molecule has 0 amide bonds. The summed E-state index contributed by atoms with van der Waals surface area (Å²) in [6.45, 7) is 4.88. The molecule has 6 nitrogen and oxygen atoms in total. The highest BCUT2D eigenvalue weighted by Gasteiger charge is 2.13. The second kappa shape index (κ2) is 12.8. The van der Waals surface area contributed by atoms with Crippen LogP contribution in [-0.2, 0) is 0 Å². The molecular formula is C21H29ClIN3O3. The van der Waals surface area contributed by atoms with Crippen molar-refractivity contribution < 1.29 is 14.6 Å². The lowest BCUT2D eigenvalue weighted by atomic mass is 10.1. The topological polar surface area (TPSA) is 75.1 Å². The molecule has 0 bridgehead atoms. The Kier molecular flexibility index (Phi) is 11.2. The smallest absolute Gasteiger partial charge is 0.191 e. The van der Waals surface area contributed by atoms with E-state index < -0.39 is 6.10 Å². The van der Waals surface area contributed by atoms with E-state index >= 15 is 0 Å². The highest BCUT2D eigenvalue weighted by molar-refractivity contribution is 14.0. The molecule has 8 heteroatoms. The Labute approximate surface area is 194 Å². The molecule has 2 atom stereocenters. The van der Waals surface area contributed by atoms with Crippen molar-refractivity contribution in [2.24, 2.45) is 4.99 Å². The molecule has 0 spiro atoms. The van der Waals surface area contributed by atoms with Crippen LogP contribution in [-0.4, -0.2) is 38.4 Å². The van der Waals surface area contributed by atoms with Crippen LogP contribution in [0.1, 0.15) is 37.1 Å². The first kappa shape index (κ1) is 25.3. The first-order valence-electron chi connectivity index (χ1n) is 9.18. The lowest BCUT2D eigenvalue weighted by Gasteiger charge is -2.20. The summed E-state index contributed by atoms with van der Waals surface area (Å²) in [4.78, 5) is 4.52. The summed E-state index contributed by atoms with van der Waals surface area (Å²) in [5.74, 6) is 1.84. The number of hydrogen-bond acceptors (Lipinski definition) is 4. The predicted octanol–water partition coefficient (Wildman–Crippen LogP) is 4.32. The number of aliphatic hydroxyl groups excluding tert-OH is 1. The van der Waals surface area contributed by atoms with Crippen molar-refractivity contribution in [3.8, 4) is 11.5 Å². The van der Waals surface area contributed by atoms with E-state index in [2.05, 4.69) is 15.6 Å². The lowest BCUT2D eigenvalue weighted by Crippen LogP contribution is -2.39. The van der Waals surface area contributed by atoms with Crippen LogP contribution >= 0.6 is 35.6 Å². The van der Waals surface area contributed by atoms with Crippen LogP contribution in [0.3, 0.4) is 0 Å². The number of rotatable bonds is 8. The summed E-state index contributed by atoms with van der Waals surface area (Å²) < 4.78 is 10.5. The average molecular weight is 534 g/mol. The summed E-state index contributed by atoms with van der Waals surface area (Å²) in [6, 6.07) is 12.9. The fourth-order valence-electron chi connectivity index (χ4n) is 2.73. The molecule has 0 aliphatic carbocycles. The van der Waals surface area contributed by atoms with Gasteiger partial charge in [-0.3, -0.25) is 4.99 Å². The first-order chi connectivity index (χ1) is 13.5. The molecule has 0 saturated heterocycles. The van der Waals surface area contributed by atoms with Crippen molar-refractivity contribution in [1.82, 2.24) is 10.6 Å². The van der Waals surface area contributed by atoms with Crippen molar-refractivity contribution in [2.45, 2.75) is 26.0 Å². The van der Waals surface area contributed by atoms with E-state index in [0.717, 1.165) is 5.56 Å². The van der Waals surface area contributed by atoms with Crippen molar-refractivity contribution in [3.63, 3.8) is 0 Å². The van der Waals surface area contributed by atoms with Crippen LogP contribution in [0.15, 0.2) is 47.5 Å². The lowest BCUT2D eigenvalue weighted by molar-refractivity contribution is 0.186. The summed E-state index contributed by atoms with van der Waals surface area (Å²) >= 11 is 6.28. The van der Waals surface area contributed by atoms with E-state index in [1.165, 1.54) is 0 Å². The zero-order valence-corrected chi connectivity index (χ0v) is 20.2. The van der Waals surface area contributed by atoms with Crippen molar-refractivity contribution in [1.29, 1.82) is 0 Å². The van der Waals surface area contributed by atoms with Crippen LogP contribution in [0, 0.1) is 0 Å². The summed E-state index contributed by atoms with van der Waals surface area (Å²) in [6.07, 6.45) is -0.796. The largest absolute Gasteiger partial charge is 0.497 e. The molecule has 0 aromatic heterocycles. The van der Waals surface area contributed by atoms with Crippen LogP contribution in [0.4, 0.5) is 0 Å². The average Bonchev–Trinajstić information content (AvgIpc) is 2.71. The Morgan fingerprint density at radius 3 is 2.31 bits per heavy atom. The molecule has 2 rings (SSSR count). The third-order valence-corrected chi connectivity index (χ3v) is 4.59. The zero-order chi connectivity index (χ0) is 20.5. The second-order valence-electron chi connectivity index (χ2n) is 6.27. The maximum absolute atomic E-state index is 10.6. The van der Waals surface area contributed by atoms with E-state index in [0.29, 0.717) is 34.6 Å². The number of guanidine groups is 1. The Morgan fingerprint density at radius 1 is 1.14 bits per heavy atom. The number of aliphatic hydroxyl groups is 1. The molecule has 29 heavy (non-hydrogen) atoms. The van der Waals surface area contributed by atoms with Crippen LogP contribution in [0.25, 0.3) is 0 Å². The number of aliphatic imine (C=N–C) groups is 1. The van der Waals surface area contributed by atoms with Gasteiger partial charge in [-0.05, 0) is 43.2 Å². The molecule has 2 aromatic rings. The van der Waals surface area contributed by atoms with Gasteiger partial charge in [0.1, 0.15) is 11.5 Å². The minimum absolute atomic E-state index is 0. The summed E-state index contributed by atoms with van der Waals surface area (Å²) in [5.41, 5.74) is 1.66. The number of hydrogen-bond donors (Lipinski definition) is 3. The van der Waals surface area contributed by atoms with Crippen molar-refractivity contribution >= 4 is 41.5 Å². The summed E-state index contributed by atoms with van der Waals surface area (Å²) in [5, 5.41) is 17.8. The van der Waals surface area contributed by atoms with E-state index in [9.17, 15) is 5.11 Å². The highest BCUT2D eigenvalue weighted by Crippen LogP contribution is 2.26. The van der Waals surface area contributed by atoms with Gasteiger partial charge >= 0.3 is 0 Å². The SMILES string of the molecule is CCNC(=NCC(O)c1cc(OC)cc(OC)c1)NC(C)c1ccccc1Cl.I. The predicted molar refractivity (Wildman–Crippen MR) is 129 cm³/mol. The monoisotopic (exact) mass is 533 g/mol. The fourth-order valence-corrected chi connectivity index (χ4v) is 3.03. The van der Waals surface area contributed by atoms with E-state index in [-0.39, 0.29) is 36.6 Å². The van der Waals surface area contributed by atoms with Gasteiger partial charge in [-0.2, -0.15) is 0 Å². The molecular weight excluding hydrogens is 505 g/mol. The van der Waals surface area contributed by atoms with Crippen LogP contribution in [0.2, 0.25) is 5.02 Å². The minimum Gasteiger partial charge on any atom is -0.497 e. The van der Waals surface area contributed by atoms with Gasteiger partial charge in [-0.15, -0.1) is 24.0 Å². The van der Waals surface area contributed by atoms with Gasteiger partial charge in [0.25, 0.3) is 0 Å². The maximum Gasteiger partial charge on any atom is 0.191 e. The minimum atomic E-state index is -0.796.